The van der Waals surface area contributed by atoms with Crippen molar-refractivity contribution >= 4 is 6.29 Å². The van der Waals surface area contributed by atoms with Crippen molar-refractivity contribution in [3.8, 4) is 0 Å². The summed E-state index contributed by atoms with van der Waals surface area (Å²) in [6.45, 7) is 1.46. The molecule has 0 bridgehead atoms. The van der Waals surface area contributed by atoms with E-state index >= 15 is 0 Å². The number of hydrogen-bond donors (Lipinski definition) is 2. The smallest absolute Gasteiger partial charge is 0.218 e. The van der Waals surface area contributed by atoms with Gasteiger partial charge in [-0.05, 0) is 0 Å². The zero-order valence-corrected chi connectivity index (χ0v) is 3.90. The maximum absolute atomic E-state index is 9.78. The van der Waals surface area contributed by atoms with E-state index in [2.05, 4.69) is 10.6 Å². The molecular weight excluding hydrogens is 92.1 g/mol. The van der Waals surface area contributed by atoms with E-state index in [1.165, 1.54) is 0 Å². The van der Waals surface area contributed by atoms with E-state index < -0.39 is 0 Å². The summed E-state index contributed by atoms with van der Waals surface area (Å²) < 4.78 is 0. The van der Waals surface area contributed by atoms with Gasteiger partial charge in [-0.25, -0.2) is 0 Å². The lowest BCUT2D eigenvalue weighted by atomic mass is 10.4. The summed E-state index contributed by atoms with van der Waals surface area (Å²) in [5.41, 5.74) is 0. The lowest BCUT2D eigenvalue weighted by molar-refractivity contribution is 0.537. The second kappa shape index (κ2) is 2.04. The topological polar surface area (TPSA) is 41.1 Å². The van der Waals surface area contributed by atoms with Crippen LogP contribution >= 0.6 is 0 Å². The van der Waals surface area contributed by atoms with Crippen LogP contribution in [-0.2, 0) is 4.79 Å². The first-order valence-corrected chi connectivity index (χ1v) is 2.25. The number of nitrogens with one attached hydrogen (secondary N) is 2. The van der Waals surface area contributed by atoms with Gasteiger partial charge < -0.3 is 5.32 Å². The molecule has 1 atom stereocenters. The van der Waals surface area contributed by atoms with Gasteiger partial charge in [-0.1, -0.05) is 0 Å². The minimum atomic E-state index is -0.0694. The Hall–Kier alpha value is -0.410. The standard InChI is InChI=1S/C4H7N2O/c7-2-4-1-5-3-6-4/h4-6H,1,3H2. The molecule has 1 rings (SSSR count). The van der Waals surface area contributed by atoms with Gasteiger partial charge in [-0.3, -0.25) is 10.1 Å². The molecule has 2 N–H and O–H groups in total. The third kappa shape index (κ3) is 0.976. The summed E-state index contributed by atoms with van der Waals surface area (Å²) in [7, 11) is 0. The molecule has 39 valence electrons. The number of carbonyl (C=O) groups excluding carboxylic acids is 1. The molecule has 1 saturated heterocycles. The van der Waals surface area contributed by atoms with E-state index in [1.807, 2.05) is 6.29 Å². The van der Waals surface area contributed by atoms with Gasteiger partial charge in [-0.15, -0.1) is 0 Å². The fourth-order valence-electron chi connectivity index (χ4n) is 0.567. The molecule has 1 heterocycles. The summed E-state index contributed by atoms with van der Waals surface area (Å²) in [4.78, 5) is 9.78. The van der Waals surface area contributed by atoms with E-state index in [-0.39, 0.29) is 6.04 Å². The molecule has 3 nitrogen and oxygen atoms in total. The molecule has 0 aromatic heterocycles. The molecule has 3 heteroatoms. The Kier molecular flexibility index (Phi) is 1.38. The highest BCUT2D eigenvalue weighted by molar-refractivity contribution is 5.59. The predicted molar refractivity (Wildman–Crippen MR) is 25.5 cm³/mol. The number of rotatable bonds is 1. The maximum atomic E-state index is 9.78. The molecule has 1 fully saturated rings. The average Bonchev–Trinajstić information content (AvgIpc) is 2.14. The van der Waals surface area contributed by atoms with Crippen molar-refractivity contribution in [2.75, 3.05) is 13.2 Å². The van der Waals surface area contributed by atoms with Gasteiger partial charge >= 0.3 is 0 Å². The third-order valence-corrected chi connectivity index (χ3v) is 0.964. The van der Waals surface area contributed by atoms with Crippen LogP contribution in [0.4, 0.5) is 0 Å². The van der Waals surface area contributed by atoms with E-state index in [0.717, 1.165) is 13.2 Å². The molecule has 1 aliphatic heterocycles. The van der Waals surface area contributed by atoms with Crippen molar-refractivity contribution in [1.29, 1.82) is 0 Å². The van der Waals surface area contributed by atoms with Gasteiger partial charge in [0, 0.05) is 13.2 Å². The van der Waals surface area contributed by atoms with Crippen LogP contribution < -0.4 is 10.6 Å². The molecule has 0 saturated carbocycles. The monoisotopic (exact) mass is 99.1 g/mol. The SMILES string of the molecule is O=[C]C1CNCN1. The summed E-state index contributed by atoms with van der Waals surface area (Å²) in [5.74, 6) is 0. The quantitative estimate of drug-likeness (QED) is 0.425. The van der Waals surface area contributed by atoms with Gasteiger partial charge in [0.1, 0.15) is 0 Å². The minimum absolute atomic E-state index is 0.0694. The second-order valence-corrected chi connectivity index (χ2v) is 1.51. The van der Waals surface area contributed by atoms with Crippen LogP contribution in [0.2, 0.25) is 0 Å². The number of hydrogen-bond acceptors (Lipinski definition) is 3. The largest absolute Gasteiger partial charge is 0.302 e. The molecule has 0 spiro atoms. The summed E-state index contributed by atoms with van der Waals surface area (Å²) >= 11 is 0. The van der Waals surface area contributed by atoms with Crippen LogP contribution in [0.25, 0.3) is 0 Å². The maximum Gasteiger partial charge on any atom is 0.218 e. The molecule has 0 aromatic carbocycles. The van der Waals surface area contributed by atoms with E-state index in [0.29, 0.717) is 0 Å². The Bertz CT molecular complexity index is 68.1. The first kappa shape index (κ1) is 4.74. The van der Waals surface area contributed by atoms with Gasteiger partial charge in [0.25, 0.3) is 0 Å². The highest BCUT2D eigenvalue weighted by Crippen LogP contribution is 1.78. The molecule has 0 aliphatic carbocycles. The van der Waals surface area contributed by atoms with E-state index in [9.17, 15) is 4.79 Å². The lowest BCUT2D eigenvalue weighted by Crippen LogP contribution is -2.24. The van der Waals surface area contributed by atoms with Crippen molar-refractivity contribution in [3.63, 3.8) is 0 Å². The third-order valence-electron chi connectivity index (χ3n) is 0.964. The van der Waals surface area contributed by atoms with Crippen LogP contribution in [0.5, 0.6) is 0 Å². The Morgan fingerprint density at radius 2 is 2.57 bits per heavy atom. The zero-order valence-electron chi connectivity index (χ0n) is 3.90. The lowest BCUT2D eigenvalue weighted by Gasteiger charge is -1.90. The van der Waals surface area contributed by atoms with Crippen molar-refractivity contribution < 1.29 is 4.79 Å². The Morgan fingerprint density at radius 3 is 2.86 bits per heavy atom. The molecule has 7 heavy (non-hydrogen) atoms. The van der Waals surface area contributed by atoms with Crippen LogP contribution in [0.1, 0.15) is 0 Å². The molecular formula is C4H7N2O. The van der Waals surface area contributed by atoms with Crippen molar-refractivity contribution in [2.45, 2.75) is 6.04 Å². The highest BCUT2D eigenvalue weighted by atomic mass is 16.1. The Morgan fingerprint density at radius 1 is 1.71 bits per heavy atom. The van der Waals surface area contributed by atoms with Crippen LogP contribution in [0, 0.1) is 0 Å². The summed E-state index contributed by atoms with van der Waals surface area (Å²) in [6.07, 6.45) is 1.84. The summed E-state index contributed by atoms with van der Waals surface area (Å²) in [6, 6.07) is -0.0694. The average molecular weight is 99.1 g/mol. The van der Waals surface area contributed by atoms with Gasteiger partial charge in [0.05, 0.1) is 6.04 Å². The van der Waals surface area contributed by atoms with Gasteiger partial charge in [0.2, 0.25) is 6.29 Å². The zero-order chi connectivity index (χ0) is 5.11. The molecule has 0 aromatic rings. The van der Waals surface area contributed by atoms with Crippen LogP contribution in [0.15, 0.2) is 0 Å². The molecule has 1 aliphatic rings. The second-order valence-electron chi connectivity index (χ2n) is 1.51. The fraction of sp³-hybridized carbons (Fsp3) is 0.750. The first-order chi connectivity index (χ1) is 3.43. The molecule has 1 unspecified atom stereocenters. The Labute approximate surface area is 42.1 Å². The van der Waals surface area contributed by atoms with E-state index in [1.54, 1.807) is 0 Å². The van der Waals surface area contributed by atoms with Crippen molar-refractivity contribution in [3.05, 3.63) is 0 Å². The molecule has 0 amide bonds. The fourth-order valence-corrected chi connectivity index (χ4v) is 0.567. The van der Waals surface area contributed by atoms with Gasteiger partial charge in [0.15, 0.2) is 0 Å². The summed E-state index contributed by atoms with van der Waals surface area (Å²) in [5, 5.41) is 5.82. The van der Waals surface area contributed by atoms with E-state index in [4.69, 9.17) is 0 Å². The first-order valence-electron chi connectivity index (χ1n) is 2.25. The Balaban J connectivity index is 2.26. The highest BCUT2D eigenvalue weighted by Gasteiger charge is 2.10. The minimum Gasteiger partial charge on any atom is -0.302 e. The predicted octanol–water partition coefficient (Wildman–Crippen LogP) is -1.38. The van der Waals surface area contributed by atoms with Crippen LogP contribution in [0.3, 0.4) is 0 Å². The normalized spacial score (nSPS) is 30.6. The van der Waals surface area contributed by atoms with Gasteiger partial charge in [-0.2, -0.15) is 0 Å². The van der Waals surface area contributed by atoms with Crippen molar-refractivity contribution in [1.82, 2.24) is 10.6 Å². The van der Waals surface area contributed by atoms with Crippen molar-refractivity contribution in [2.24, 2.45) is 0 Å². The molecule has 1 radical (unpaired) electrons. The van der Waals surface area contributed by atoms with Crippen LogP contribution in [-0.4, -0.2) is 25.5 Å².